The van der Waals surface area contributed by atoms with E-state index in [0.29, 0.717) is 29.9 Å². The first kappa shape index (κ1) is 18.5. The molecule has 1 atom stereocenters. The second kappa shape index (κ2) is 7.56. The molecule has 0 heterocycles. The van der Waals surface area contributed by atoms with Crippen molar-refractivity contribution in [1.82, 2.24) is 5.32 Å². The zero-order valence-electron chi connectivity index (χ0n) is 14.8. The molecule has 3 N–H and O–H groups in total. The molecular formula is C18H28N2O4S. The number of nitrogens with one attached hydrogen (secondary N) is 1. The monoisotopic (exact) mass is 368 g/mol. The van der Waals surface area contributed by atoms with Crippen LogP contribution in [0.5, 0.6) is 0 Å². The second-order valence-electron chi connectivity index (χ2n) is 8.07. The van der Waals surface area contributed by atoms with Gasteiger partial charge in [-0.25, -0.2) is 9.59 Å². The van der Waals surface area contributed by atoms with Gasteiger partial charge in [0.2, 0.25) is 0 Å². The first-order valence-electron chi connectivity index (χ1n) is 9.16. The van der Waals surface area contributed by atoms with Crippen molar-refractivity contribution < 1.29 is 19.1 Å². The van der Waals surface area contributed by atoms with Gasteiger partial charge in [-0.2, -0.15) is 11.8 Å². The summed E-state index contributed by atoms with van der Waals surface area (Å²) in [5.41, 5.74) is 4.87. The number of hydrogen-bond acceptors (Lipinski definition) is 5. The van der Waals surface area contributed by atoms with Gasteiger partial charge in [0.05, 0.1) is 0 Å². The largest absolute Gasteiger partial charge is 0.456 e. The Labute approximate surface area is 153 Å². The minimum atomic E-state index is -0.783. The summed E-state index contributed by atoms with van der Waals surface area (Å²) in [5.74, 6) is 2.24. The zero-order valence-corrected chi connectivity index (χ0v) is 15.6. The van der Waals surface area contributed by atoms with Crippen LogP contribution in [0.4, 0.5) is 4.79 Å². The predicted octanol–water partition coefficient (Wildman–Crippen LogP) is 2.11. The van der Waals surface area contributed by atoms with E-state index < -0.39 is 18.0 Å². The number of thioether (sulfide) groups is 1. The molecule has 4 aliphatic carbocycles. The maximum Gasteiger partial charge on any atom is 0.329 e. The molecule has 7 heteroatoms. The SMILES string of the molecule is CSCC[C@H](NC(N)=O)C(=O)OCC(=O)C12CC3CC(CC(C3)C1)C2. The number of amides is 2. The number of ether oxygens (including phenoxy) is 1. The third kappa shape index (κ3) is 4.13. The van der Waals surface area contributed by atoms with E-state index in [0.717, 1.165) is 19.3 Å². The Morgan fingerprint density at radius 1 is 1.16 bits per heavy atom. The van der Waals surface area contributed by atoms with Gasteiger partial charge in [-0.05, 0) is 74.7 Å². The van der Waals surface area contributed by atoms with Crippen molar-refractivity contribution in [3.05, 3.63) is 0 Å². The van der Waals surface area contributed by atoms with Crippen LogP contribution in [0.15, 0.2) is 0 Å². The van der Waals surface area contributed by atoms with Crippen molar-refractivity contribution in [2.75, 3.05) is 18.6 Å². The van der Waals surface area contributed by atoms with Gasteiger partial charge in [-0.1, -0.05) is 0 Å². The van der Waals surface area contributed by atoms with Crippen LogP contribution in [0.1, 0.15) is 44.9 Å². The number of Topliss-reactive ketones (excluding diaryl/α,β-unsaturated/α-hetero) is 1. The summed E-state index contributed by atoms with van der Waals surface area (Å²) < 4.78 is 5.29. The number of rotatable bonds is 8. The van der Waals surface area contributed by atoms with E-state index in [1.807, 2.05) is 6.26 Å². The Kier molecular flexibility index (Phi) is 5.61. The Hall–Kier alpha value is -1.24. The number of nitrogens with two attached hydrogens (primary N) is 1. The quantitative estimate of drug-likeness (QED) is 0.639. The summed E-state index contributed by atoms with van der Waals surface area (Å²) in [5, 5.41) is 2.41. The fourth-order valence-electron chi connectivity index (χ4n) is 5.50. The number of carbonyl (C=O) groups is 3. The first-order valence-corrected chi connectivity index (χ1v) is 10.6. The highest BCUT2D eigenvalue weighted by atomic mass is 32.2. The lowest BCUT2D eigenvalue weighted by atomic mass is 9.48. The molecule has 4 bridgehead atoms. The summed E-state index contributed by atoms with van der Waals surface area (Å²) in [6, 6.07) is -1.54. The van der Waals surface area contributed by atoms with E-state index in [1.165, 1.54) is 19.3 Å². The average Bonchev–Trinajstić information content (AvgIpc) is 2.54. The molecule has 0 spiro atoms. The van der Waals surface area contributed by atoms with Crippen LogP contribution in [0.2, 0.25) is 0 Å². The highest BCUT2D eigenvalue weighted by Crippen LogP contribution is 2.60. The van der Waals surface area contributed by atoms with Crippen molar-refractivity contribution >= 4 is 29.5 Å². The van der Waals surface area contributed by atoms with E-state index >= 15 is 0 Å². The van der Waals surface area contributed by atoms with Crippen molar-refractivity contribution in [3.63, 3.8) is 0 Å². The van der Waals surface area contributed by atoms with Crippen molar-refractivity contribution in [3.8, 4) is 0 Å². The van der Waals surface area contributed by atoms with Crippen LogP contribution in [-0.4, -0.2) is 42.4 Å². The number of urea groups is 1. The van der Waals surface area contributed by atoms with E-state index in [9.17, 15) is 14.4 Å². The van der Waals surface area contributed by atoms with Gasteiger partial charge in [0, 0.05) is 5.41 Å². The van der Waals surface area contributed by atoms with E-state index in [-0.39, 0.29) is 17.8 Å². The van der Waals surface area contributed by atoms with Gasteiger partial charge in [-0.3, -0.25) is 4.79 Å². The van der Waals surface area contributed by atoms with Gasteiger partial charge < -0.3 is 15.8 Å². The Bertz CT molecular complexity index is 516. The lowest BCUT2D eigenvalue weighted by Gasteiger charge is -2.55. The van der Waals surface area contributed by atoms with E-state index in [1.54, 1.807) is 11.8 Å². The Morgan fingerprint density at radius 3 is 2.20 bits per heavy atom. The molecule has 0 aromatic carbocycles. The predicted molar refractivity (Wildman–Crippen MR) is 96.1 cm³/mol. The lowest BCUT2D eigenvalue weighted by molar-refractivity contribution is -0.158. The van der Waals surface area contributed by atoms with Crippen molar-refractivity contribution in [2.24, 2.45) is 28.9 Å². The molecule has 4 fully saturated rings. The van der Waals surface area contributed by atoms with E-state index in [2.05, 4.69) is 5.32 Å². The molecule has 6 nitrogen and oxygen atoms in total. The lowest BCUT2D eigenvalue weighted by Crippen LogP contribution is -2.51. The van der Waals surface area contributed by atoms with Crippen LogP contribution < -0.4 is 11.1 Å². The first-order chi connectivity index (χ1) is 11.9. The number of esters is 1. The van der Waals surface area contributed by atoms with Gasteiger partial charge in [0.15, 0.2) is 12.4 Å². The summed E-state index contributed by atoms with van der Waals surface area (Å²) in [4.78, 5) is 36.2. The second-order valence-corrected chi connectivity index (χ2v) is 9.06. The summed E-state index contributed by atoms with van der Waals surface area (Å²) in [7, 11) is 0. The minimum absolute atomic E-state index is 0.0719. The van der Waals surface area contributed by atoms with Crippen LogP contribution >= 0.6 is 11.8 Å². The number of ketones is 1. The maximum absolute atomic E-state index is 12.9. The molecule has 0 aromatic heterocycles. The van der Waals surface area contributed by atoms with Gasteiger partial charge in [0.25, 0.3) is 0 Å². The van der Waals surface area contributed by atoms with Crippen molar-refractivity contribution in [1.29, 1.82) is 0 Å². The highest BCUT2D eigenvalue weighted by Gasteiger charge is 2.54. The van der Waals surface area contributed by atoms with Crippen LogP contribution in [-0.2, 0) is 14.3 Å². The molecule has 4 saturated carbocycles. The third-order valence-electron chi connectivity index (χ3n) is 6.19. The molecule has 0 aromatic rings. The summed E-state index contributed by atoms with van der Waals surface area (Å²) in [6.07, 6.45) is 9.06. The molecule has 2 amide bonds. The van der Waals surface area contributed by atoms with Crippen LogP contribution in [0.3, 0.4) is 0 Å². The maximum atomic E-state index is 12.9. The van der Waals surface area contributed by atoms with Crippen LogP contribution in [0, 0.1) is 23.2 Å². The molecule has 0 saturated heterocycles. The number of hydrogen-bond donors (Lipinski definition) is 2. The summed E-state index contributed by atoms with van der Waals surface area (Å²) in [6.45, 7) is -0.179. The average molecular weight is 368 g/mol. The van der Waals surface area contributed by atoms with E-state index in [4.69, 9.17) is 10.5 Å². The molecule has 4 aliphatic rings. The normalized spacial score (nSPS) is 33.7. The van der Waals surface area contributed by atoms with Gasteiger partial charge in [0.1, 0.15) is 6.04 Å². The zero-order chi connectivity index (χ0) is 18.0. The van der Waals surface area contributed by atoms with Gasteiger partial charge >= 0.3 is 12.0 Å². The van der Waals surface area contributed by atoms with Crippen LogP contribution in [0.25, 0.3) is 0 Å². The molecule has 25 heavy (non-hydrogen) atoms. The fourth-order valence-corrected chi connectivity index (χ4v) is 5.97. The molecule has 0 unspecified atom stereocenters. The smallest absolute Gasteiger partial charge is 0.329 e. The Balaban J connectivity index is 1.55. The molecule has 140 valence electrons. The number of primary amides is 1. The molecule has 0 aliphatic heterocycles. The minimum Gasteiger partial charge on any atom is -0.456 e. The highest BCUT2D eigenvalue weighted by molar-refractivity contribution is 7.98. The molecule has 4 rings (SSSR count). The molecule has 0 radical (unpaired) electrons. The number of carbonyl (C=O) groups excluding carboxylic acids is 3. The Morgan fingerprint density at radius 2 is 1.72 bits per heavy atom. The summed E-state index contributed by atoms with van der Waals surface area (Å²) >= 11 is 1.57. The fraction of sp³-hybridized carbons (Fsp3) is 0.833. The topological polar surface area (TPSA) is 98.5 Å². The standard InChI is InChI=1S/C18H28N2O4S/c1-25-3-2-14(20-17(19)23)16(22)24-10-15(21)18-7-11-4-12(8-18)6-13(5-11)9-18/h11-14H,2-10H2,1H3,(H3,19,20,23)/t11?,12?,13?,14-,18?/m0/s1. The van der Waals surface area contributed by atoms with Gasteiger partial charge in [-0.15, -0.1) is 0 Å². The molecular weight excluding hydrogens is 340 g/mol. The third-order valence-corrected chi connectivity index (χ3v) is 6.83. The van der Waals surface area contributed by atoms with Crippen molar-refractivity contribution in [2.45, 2.75) is 51.0 Å².